The van der Waals surface area contributed by atoms with E-state index in [-0.39, 0.29) is 0 Å². The number of hydrogen-bond acceptors (Lipinski definition) is 3. The average molecular weight is 275 g/mol. The Morgan fingerprint density at radius 3 is 2.65 bits per heavy atom. The highest BCUT2D eigenvalue weighted by Crippen LogP contribution is 2.32. The highest BCUT2D eigenvalue weighted by Gasteiger charge is 2.30. The van der Waals surface area contributed by atoms with Crippen molar-refractivity contribution in [2.75, 3.05) is 18.5 Å². The summed E-state index contributed by atoms with van der Waals surface area (Å²) < 4.78 is 0. The van der Waals surface area contributed by atoms with E-state index >= 15 is 0 Å². The zero-order chi connectivity index (χ0) is 14.5. The summed E-state index contributed by atoms with van der Waals surface area (Å²) in [5, 5.41) is 3.26. The molecule has 0 aliphatic heterocycles. The molecule has 0 saturated heterocycles. The molecule has 20 heavy (non-hydrogen) atoms. The predicted molar refractivity (Wildman–Crippen MR) is 86.4 cm³/mol. The minimum atomic E-state index is 0.484. The predicted octanol–water partition coefficient (Wildman–Crippen LogP) is 3.69. The van der Waals surface area contributed by atoms with Gasteiger partial charge in [0, 0.05) is 24.8 Å². The first kappa shape index (κ1) is 15.3. The van der Waals surface area contributed by atoms with Crippen molar-refractivity contribution < 1.29 is 0 Å². The van der Waals surface area contributed by atoms with Crippen molar-refractivity contribution in [2.24, 2.45) is 0 Å². The van der Waals surface area contributed by atoms with Crippen LogP contribution in [-0.4, -0.2) is 24.6 Å². The second-order valence-electron chi connectivity index (χ2n) is 6.22. The number of unbranched alkanes of at least 4 members (excludes halogenated alkanes) is 1. The van der Waals surface area contributed by atoms with Crippen LogP contribution in [0.3, 0.4) is 0 Å². The lowest BCUT2D eigenvalue weighted by Crippen LogP contribution is -2.28. The third kappa shape index (κ3) is 3.95. The van der Waals surface area contributed by atoms with Crippen molar-refractivity contribution in [3.05, 3.63) is 23.4 Å². The fourth-order valence-electron chi connectivity index (χ4n) is 2.54. The van der Waals surface area contributed by atoms with E-state index in [0.717, 1.165) is 19.1 Å². The van der Waals surface area contributed by atoms with Crippen molar-refractivity contribution in [1.82, 2.24) is 10.3 Å². The Balaban J connectivity index is 2.26. The lowest BCUT2D eigenvalue weighted by atomic mass is 10.1. The maximum absolute atomic E-state index is 4.93. The van der Waals surface area contributed by atoms with Crippen molar-refractivity contribution in [3.63, 3.8) is 0 Å². The molecule has 1 aliphatic rings. The Kier molecular flexibility index (Phi) is 5.41. The zero-order valence-corrected chi connectivity index (χ0v) is 13.4. The van der Waals surface area contributed by atoms with E-state index in [1.165, 1.54) is 42.8 Å². The molecule has 1 aromatic rings. The van der Waals surface area contributed by atoms with Gasteiger partial charge in [-0.05, 0) is 49.9 Å². The number of anilines is 1. The molecule has 0 aromatic carbocycles. The second-order valence-corrected chi connectivity index (χ2v) is 6.22. The third-order valence-electron chi connectivity index (χ3n) is 3.90. The lowest BCUT2D eigenvalue weighted by molar-refractivity contribution is 0.695. The topological polar surface area (TPSA) is 28.2 Å². The molecule has 1 fully saturated rings. The van der Waals surface area contributed by atoms with Gasteiger partial charge in [0.25, 0.3) is 0 Å². The number of rotatable bonds is 8. The molecule has 1 heterocycles. The Bertz CT molecular complexity index is 424. The largest absolute Gasteiger partial charge is 0.354 e. The van der Waals surface area contributed by atoms with Crippen LogP contribution in [0, 0.1) is 0 Å². The Labute approximate surface area is 123 Å². The SMILES string of the molecule is CCCCN(c1cc(CNC)cc(C(C)C)n1)C1CC1. The summed E-state index contributed by atoms with van der Waals surface area (Å²) in [4.78, 5) is 7.46. The van der Waals surface area contributed by atoms with Gasteiger partial charge < -0.3 is 10.2 Å². The zero-order valence-electron chi connectivity index (χ0n) is 13.4. The highest BCUT2D eigenvalue weighted by molar-refractivity contribution is 5.45. The molecule has 3 nitrogen and oxygen atoms in total. The van der Waals surface area contributed by atoms with Gasteiger partial charge in [0.15, 0.2) is 0 Å². The molecule has 0 spiro atoms. The lowest BCUT2D eigenvalue weighted by Gasteiger charge is -2.25. The normalized spacial score (nSPS) is 14.8. The molecule has 3 heteroatoms. The van der Waals surface area contributed by atoms with Gasteiger partial charge in [0.1, 0.15) is 5.82 Å². The first-order chi connectivity index (χ1) is 9.65. The Morgan fingerprint density at radius 1 is 1.35 bits per heavy atom. The van der Waals surface area contributed by atoms with Crippen LogP contribution < -0.4 is 10.2 Å². The molecule has 0 atom stereocenters. The minimum Gasteiger partial charge on any atom is -0.354 e. The molecule has 0 amide bonds. The summed E-state index contributed by atoms with van der Waals surface area (Å²) in [6, 6.07) is 5.25. The van der Waals surface area contributed by atoms with Crippen LogP contribution in [0.5, 0.6) is 0 Å². The molecule has 1 aromatic heterocycles. The van der Waals surface area contributed by atoms with Crippen LogP contribution in [-0.2, 0) is 6.54 Å². The molecule has 1 aliphatic carbocycles. The van der Waals surface area contributed by atoms with Crippen LogP contribution in [0.4, 0.5) is 5.82 Å². The second kappa shape index (κ2) is 7.07. The van der Waals surface area contributed by atoms with E-state index in [0.29, 0.717) is 5.92 Å². The van der Waals surface area contributed by atoms with Gasteiger partial charge in [-0.3, -0.25) is 0 Å². The monoisotopic (exact) mass is 275 g/mol. The van der Waals surface area contributed by atoms with Crippen molar-refractivity contribution in [1.29, 1.82) is 0 Å². The summed E-state index contributed by atoms with van der Waals surface area (Å²) in [6.45, 7) is 8.78. The maximum atomic E-state index is 4.93. The molecule has 0 radical (unpaired) electrons. The summed E-state index contributed by atoms with van der Waals surface area (Å²) in [5.74, 6) is 1.68. The number of hydrogen-bond donors (Lipinski definition) is 1. The Hall–Kier alpha value is -1.09. The van der Waals surface area contributed by atoms with Crippen LogP contribution >= 0.6 is 0 Å². The van der Waals surface area contributed by atoms with Crippen LogP contribution in [0.25, 0.3) is 0 Å². The quantitative estimate of drug-likeness (QED) is 0.784. The minimum absolute atomic E-state index is 0.484. The third-order valence-corrected chi connectivity index (χ3v) is 3.90. The summed E-state index contributed by atoms with van der Waals surface area (Å²) >= 11 is 0. The maximum Gasteiger partial charge on any atom is 0.129 e. The van der Waals surface area contributed by atoms with E-state index in [1.807, 2.05) is 7.05 Å². The summed E-state index contributed by atoms with van der Waals surface area (Å²) in [5.41, 5.74) is 2.57. The van der Waals surface area contributed by atoms with Crippen molar-refractivity contribution >= 4 is 5.82 Å². The molecular weight excluding hydrogens is 246 g/mol. The van der Waals surface area contributed by atoms with Gasteiger partial charge in [-0.1, -0.05) is 27.2 Å². The van der Waals surface area contributed by atoms with Gasteiger partial charge >= 0.3 is 0 Å². The van der Waals surface area contributed by atoms with Crippen molar-refractivity contribution in [3.8, 4) is 0 Å². The van der Waals surface area contributed by atoms with E-state index in [2.05, 4.69) is 43.1 Å². The average Bonchev–Trinajstić information content (AvgIpc) is 3.24. The molecule has 1 saturated carbocycles. The van der Waals surface area contributed by atoms with Gasteiger partial charge in [0.05, 0.1) is 0 Å². The van der Waals surface area contributed by atoms with Gasteiger partial charge in [-0.15, -0.1) is 0 Å². The summed E-state index contributed by atoms with van der Waals surface area (Å²) in [7, 11) is 2.00. The Morgan fingerprint density at radius 2 is 2.10 bits per heavy atom. The molecule has 2 rings (SSSR count). The number of pyridine rings is 1. The number of aromatic nitrogens is 1. The van der Waals surface area contributed by atoms with Crippen molar-refractivity contribution in [2.45, 2.75) is 65.0 Å². The molecule has 1 N–H and O–H groups in total. The van der Waals surface area contributed by atoms with E-state index in [1.54, 1.807) is 0 Å². The number of nitrogens with one attached hydrogen (secondary N) is 1. The highest BCUT2D eigenvalue weighted by atomic mass is 15.2. The van der Waals surface area contributed by atoms with Gasteiger partial charge in [-0.2, -0.15) is 0 Å². The molecular formula is C17H29N3. The first-order valence-electron chi connectivity index (χ1n) is 8.07. The molecule has 0 unspecified atom stereocenters. The smallest absolute Gasteiger partial charge is 0.129 e. The van der Waals surface area contributed by atoms with E-state index in [4.69, 9.17) is 4.98 Å². The van der Waals surface area contributed by atoms with Crippen LogP contribution in [0.2, 0.25) is 0 Å². The standard InChI is InChI=1S/C17H29N3/c1-5-6-9-20(15-7-8-15)17-11-14(12-18-4)10-16(19-17)13(2)3/h10-11,13,15,18H,5-9,12H2,1-4H3. The van der Waals surface area contributed by atoms with Gasteiger partial charge in [-0.25, -0.2) is 4.98 Å². The van der Waals surface area contributed by atoms with Gasteiger partial charge in [0.2, 0.25) is 0 Å². The van der Waals surface area contributed by atoms with Crippen LogP contribution in [0.15, 0.2) is 12.1 Å². The fourth-order valence-corrected chi connectivity index (χ4v) is 2.54. The molecule has 112 valence electrons. The van der Waals surface area contributed by atoms with Crippen LogP contribution in [0.1, 0.15) is 63.6 Å². The number of nitrogens with zero attached hydrogens (tertiary/aromatic N) is 2. The first-order valence-corrected chi connectivity index (χ1v) is 8.07. The van der Waals surface area contributed by atoms with E-state index in [9.17, 15) is 0 Å². The van der Waals surface area contributed by atoms with E-state index < -0.39 is 0 Å². The molecule has 0 bridgehead atoms. The fraction of sp³-hybridized carbons (Fsp3) is 0.706. The summed E-state index contributed by atoms with van der Waals surface area (Å²) in [6.07, 6.45) is 5.17.